The molecule has 0 radical (unpaired) electrons. The van der Waals surface area contributed by atoms with Crippen LogP contribution in [0.1, 0.15) is 41.0 Å². The van der Waals surface area contributed by atoms with Crippen molar-refractivity contribution >= 4 is 21.6 Å². The zero-order valence-electron chi connectivity index (χ0n) is 14.2. The van der Waals surface area contributed by atoms with E-state index < -0.39 is 15.6 Å². The van der Waals surface area contributed by atoms with E-state index in [0.717, 1.165) is 0 Å². The van der Waals surface area contributed by atoms with Crippen molar-refractivity contribution in [2.45, 2.75) is 57.6 Å². The van der Waals surface area contributed by atoms with Gasteiger partial charge in [-0.1, -0.05) is 6.92 Å². The second-order valence-electron chi connectivity index (χ2n) is 6.53. The quantitative estimate of drug-likeness (QED) is 0.912. The molecular formula is C16H24N2O4S. The molecule has 1 N–H and O–H groups in total. The molecule has 7 heteroatoms. The van der Waals surface area contributed by atoms with Crippen LogP contribution < -0.4 is 14.4 Å². The fourth-order valence-electron chi connectivity index (χ4n) is 2.45. The van der Waals surface area contributed by atoms with Crippen molar-refractivity contribution in [3.05, 3.63) is 18.2 Å². The highest BCUT2D eigenvalue weighted by Crippen LogP contribution is 2.38. The van der Waals surface area contributed by atoms with Gasteiger partial charge in [0.25, 0.3) is 0 Å². The van der Waals surface area contributed by atoms with Gasteiger partial charge in [0, 0.05) is 13.0 Å². The van der Waals surface area contributed by atoms with Crippen LogP contribution in [0.5, 0.6) is 5.75 Å². The molecule has 1 heterocycles. The zero-order chi connectivity index (χ0) is 17.4. The summed E-state index contributed by atoms with van der Waals surface area (Å²) in [5, 5.41) is 0. The Hall–Kier alpha value is -1.60. The Kier molecular flexibility index (Phi) is 4.73. The first-order valence-electron chi connectivity index (χ1n) is 7.69. The zero-order valence-corrected chi connectivity index (χ0v) is 15.0. The number of rotatable bonds is 4. The van der Waals surface area contributed by atoms with E-state index in [1.165, 1.54) is 19.1 Å². The van der Waals surface area contributed by atoms with Gasteiger partial charge < -0.3 is 9.64 Å². The van der Waals surface area contributed by atoms with Gasteiger partial charge in [0.2, 0.25) is 15.9 Å². The number of amides is 1. The summed E-state index contributed by atoms with van der Waals surface area (Å²) in [6.45, 7) is 9.33. The van der Waals surface area contributed by atoms with Gasteiger partial charge in [0.05, 0.1) is 17.1 Å². The summed E-state index contributed by atoms with van der Waals surface area (Å²) in [6, 6.07) is 4.45. The predicted molar refractivity (Wildman–Crippen MR) is 89.3 cm³/mol. The second kappa shape index (κ2) is 6.13. The molecule has 6 nitrogen and oxygen atoms in total. The molecule has 1 aromatic carbocycles. The molecule has 1 atom stereocenters. The standard InChI is InChI=1S/C16H24N2O4S/c1-6-11(2)17-23(20,21)13-7-8-15-14(9-13)18(12(3)19)10-16(4,5)22-15/h7-9,11,17H,6,10H2,1-5H3. The molecule has 0 spiro atoms. The molecular weight excluding hydrogens is 316 g/mol. The van der Waals surface area contributed by atoms with E-state index in [-0.39, 0.29) is 16.8 Å². The molecule has 0 fully saturated rings. The molecule has 0 aromatic heterocycles. The van der Waals surface area contributed by atoms with Crippen molar-refractivity contribution in [3.8, 4) is 5.75 Å². The third-order valence-electron chi connectivity index (χ3n) is 3.81. The van der Waals surface area contributed by atoms with E-state index in [0.29, 0.717) is 24.4 Å². The van der Waals surface area contributed by atoms with Gasteiger partial charge in [-0.2, -0.15) is 0 Å². The summed E-state index contributed by atoms with van der Waals surface area (Å²) in [6.07, 6.45) is 0.695. The van der Waals surface area contributed by atoms with Gasteiger partial charge in [-0.3, -0.25) is 4.79 Å². The van der Waals surface area contributed by atoms with E-state index in [2.05, 4.69) is 4.72 Å². The first-order valence-corrected chi connectivity index (χ1v) is 9.17. The maximum absolute atomic E-state index is 12.4. The van der Waals surface area contributed by atoms with Gasteiger partial charge in [-0.05, 0) is 45.4 Å². The average Bonchev–Trinajstić information content (AvgIpc) is 2.44. The minimum atomic E-state index is -3.63. The number of hydrogen-bond donors (Lipinski definition) is 1. The van der Waals surface area contributed by atoms with Crippen LogP contribution in [0, 0.1) is 0 Å². The monoisotopic (exact) mass is 340 g/mol. The van der Waals surface area contributed by atoms with Crippen molar-refractivity contribution in [1.82, 2.24) is 4.72 Å². The van der Waals surface area contributed by atoms with E-state index in [9.17, 15) is 13.2 Å². The third kappa shape index (κ3) is 3.84. The van der Waals surface area contributed by atoms with Crippen molar-refractivity contribution in [2.75, 3.05) is 11.4 Å². The fraction of sp³-hybridized carbons (Fsp3) is 0.562. The van der Waals surface area contributed by atoms with Gasteiger partial charge >= 0.3 is 0 Å². The van der Waals surface area contributed by atoms with Crippen LogP contribution >= 0.6 is 0 Å². The number of sulfonamides is 1. The third-order valence-corrected chi connectivity index (χ3v) is 5.39. The smallest absolute Gasteiger partial charge is 0.240 e. The molecule has 0 saturated heterocycles. The highest BCUT2D eigenvalue weighted by Gasteiger charge is 2.34. The lowest BCUT2D eigenvalue weighted by molar-refractivity contribution is -0.117. The van der Waals surface area contributed by atoms with Crippen LogP contribution in [0.15, 0.2) is 23.1 Å². The summed E-state index contributed by atoms with van der Waals surface area (Å²) < 4.78 is 33.3. The van der Waals surface area contributed by atoms with Crippen molar-refractivity contribution < 1.29 is 17.9 Å². The molecule has 1 amide bonds. The number of benzene rings is 1. The van der Waals surface area contributed by atoms with Crippen LogP contribution in [-0.2, 0) is 14.8 Å². The molecule has 0 bridgehead atoms. The minimum absolute atomic E-state index is 0.131. The number of nitrogens with one attached hydrogen (secondary N) is 1. The normalized spacial score (nSPS) is 18.0. The Bertz CT molecular complexity index is 713. The number of hydrogen-bond acceptors (Lipinski definition) is 4. The van der Waals surface area contributed by atoms with E-state index >= 15 is 0 Å². The summed E-state index contributed by atoms with van der Waals surface area (Å²) in [7, 11) is -3.63. The Morgan fingerprint density at radius 2 is 2.09 bits per heavy atom. The second-order valence-corrected chi connectivity index (χ2v) is 8.24. The summed E-state index contributed by atoms with van der Waals surface area (Å²) in [5.41, 5.74) is -0.0301. The van der Waals surface area contributed by atoms with E-state index in [4.69, 9.17) is 4.74 Å². The number of carbonyl (C=O) groups excluding carboxylic acids is 1. The molecule has 0 saturated carbocycles. The van der Waals surface area contributed by atoms with E-state index in [1.807, 2.05) is 27.7 Å². The Labute approximate surface area is 137 Å². The highest BCUT2D eigenvalue weighted by atomic mass is 32.2. The topological polar surface area (TPSA) is 75.7 Å². The van der Waals surface area contributed by atoms with Crippen LogP contribution in [0.25, 0.3) is 0 Å². The molecule has 1 aromatic rings. The molecule has 0 aliphatic carbocycles. The number of fused-ring (bicyclic) bond motifs is 1. The van der Waals surface area contributed by atoms with Crippen molar-refractivity contribution in [1.29, 1.82) is 0 Å². The largest absolute Gasteiger partial charge is 0.484 e. The maximum Gasteiger partial charge on any atom is 0.240 e. The first-order chi connectivity index (χ1) is 10.6. The van der Waals surface area contributed by atoms with Gasteiger partial charge in [-0.25, -0.2) is 13.1 Å². The highest BCUT2D eigenvalue weighted by molar-refractivity contribution is 7.89. The van der Waals surface area contributed by atoms with Crippen LogP contribution in [0.2, 0.25) is 0 Å². The molecule has 2 rings (SSSR count). The van der Waals surface area contributed by atoms with Crippen molar-refractivity contribution in [3.63, 3.8) is 0 Å². The van der Waals surface area contributed by atoms with Crippen molar-refractivity contribution in [2.24, 2.45) is 0 Å². The fourth-order valence-corrected chi connectivity index (χ4v) is 3.80. The van der Waals surface area contributed by atoms with Gasteiger partial charge in [-0.15, -0.1) is 0 Å². The molecule has 1 aliphatic heterocycles. The summed E-state index contributed by atoms with van der Waals surface area (Å²) >= 11 is 0. The first kappa shape index (κ1) is 17.7. The molecule has 23 heavy (non-hydrogen) atoms. The summed E-state index contributed by atoms with van der Waals surface area (Å²) in [4.78, 5) is 13.6. The Morgan fingerprint density at radius 1 is 1.43 bits per heavy atom. The number of carbonyl (C=O) groups is 1. The predicted octanol–water partition coefficient (Wildman–Crippen LogP) is 2.29. The Balaban J connectivity index is 2.46. The molecule has 1 unspecified atom stereocenters. The SMILES string of the molecule is CCC(C)NS(=O)(=O)c1ccc2c(c1)N(C(C)=O)CC(C)(C)O2. The lowest BCUT2D eigenvalue weighted by Crippen LogP contribution is -2.48. The Morgan fingerprint density at radius 3 is 2.65 bits per heavy atom. The molecule has 1 aliphatic rings. The number of nitrogens with zero attached hydrogens (tertiary/aromatic N) is 1. The number of ether oxygens (including phenoxy) is 1. The van der Waals surface area contributed by atoms with Crippen LogP contribution in [0.4, 0.5) is 5.69 Å². The van der Waals surface area contributed by atoms with Crippen LogP contribution in [0.3, 0.4) is 0 Å². The maximum atomic E-state index is 12.4. The lowest BCUT2D eigenvalue weighted by Gasteiger charge is -2.39. The van der Waals surface area contributed by atoms with E-state index in [1.54, 1.807) is 11.0 Å². The number of anilines is 1. The minimum Gasteiger partial charge on any atom is -0.484 e. The summed E-state index contributed by atoms with van der Waals surface area (Å²) in [5.74, 6) is 0.367. The van der Waals surface area contributed by atoms with Crippen LogP contribution in [-0.4, -0.2) is 32.5 Å². The van der Waals surface area contributed by atoms with Gasteiger partial charge in [0.15, 0.2) is 0 Å². The van der Waals surface area contributed by atoms with Gasteiger partial charge in [0.1, 0.15) is 11.4 Å². The lowest BCUT2D eigenvalue weighted by atomic mass is 10.1. The molecule has 128 valence electrons. The average molecular weight is 340 g/mol.